The molecule has 0 fully saturated rings. The lowest BCUT2D eigenvalue weighted by atomic mass is 10.3. The van der Waals surface area contributed by atoms with Crippen LogP contribution in [-0.4, -0.2) is 26.5 Å². The van der Waals surface area contributed by atoms with E-state index in [1.165, 1.54) is 16.0 Å². The van der Waals surface area contributed by atoms with Crippen molar-refractivity contribution in [1.82, 2.24) is 9.78 Å². The molecule has 0 saturated carbocycles. The number of hydrogen-bond acceptors (Lipinski definition) is 7. The van der Waals surface area contributed by atoms with Gasteiger partial charge in [0.1, 0.15) is 11.4 Å². The van der Waals surface area contributed by atoms with Gasteiger partial charge in [0.2, 0.25) is 0 Å². The van der Waals surface area contributed by atoms with E-state index in [1.54, 1.807) is 26.0 Å². The molecule has 0 aliphatic heterocycles. The summed E-state index contributed by atoms with van der Waals surface area (Å²) >= 11 is 1.38. The Hall–Kier alpha value is -2.75. The van der Waals surface area contributed by atoms with E-state index in [9.17, 15) is 14.9 Å². The average molecular weight is 337 g/mol. The fourth-order valence-electron chi connectivity index (χ4n) is 1.98. The Morgan fingerprint density at radius 3 is 2.87 bits per heavy atom. The SMILES string of the molecule is Cc1nn(CCC(=O)O/N=C(\N)c2cccs2)c(C)c1[N+](=O)[O-]. The molecule has 122 valence electrons. The van der Waals surface area contributed by atoms with Crippen LogP contribution >= 0.6 is 11.3 Å². The number of nitrogens with zero attached hydrogens (tertiary/aromatic N) is 4. The summed E-state index contributed by atoms with van der Waals surface area (Å²) in [6.45, 7) is 3.29. The lowest BCUT2D eigenvalue weighted by Gasteiger charge is -2.02. The molecule has 2 rings (SSSR count). The molecule has 2 aromatic rings. The Labute approximate surface area is 135 Å². The van der Waals surface area contributed by atoms with Crippen molar-refractivity contribution in [2.24, 2.45) is 10.9 Å². The van der Waals surface area contributed by atoms with Gasteiger partial charge in [0.05, 0.1) is 22.8 Å². The van der Waals surface area contributed by atoms with E-state index in [-0.39, 0.29) is 24.5 Å². The second kappa shape index (κ2) is 7.01. The molecule has 0 amide bonds. The maximum absolute atomic E-state index is 11.7. The number of carbonyl (C=O) groups is 1. The summed E-state index contributed by atoms with van der Waals surface area (Å²) in [4.78, 5) is 27.5. The predicted octanol–water partition coefficient (Wildman–Crippen LogP) is 1.72. The van der Waals surface area contributed by atoms with Gasteiger partial charge in [0.25, 0.3) is 0 Å². The number of aromatic nitrogens is 2. The van der Waals surface area contributed by atoms with Crippen LogP contribution in [0.1, 0.15) is 22.7 Å². The molecule has 2 N–H and O–H groups in total. The molecule has 9 nitrogen and oxygen atoms in total. The number of carbonyl (C=O) groups excluding carboxylic acids is 1. The van der Waals surface area contributed by atoms with Crippen molar-refractivity contribution in [3.05, 3.63) is 43.9 Å². The van der Waals surface area contributed by atoms with Crippen molar-refractivity contribution < 1.29 is 14.6 Å². The van der Waals surface area contributed by atoms with Gasteiger partial charge in [-0.25, -0.2) is 4.79 Å². The third-order valence-electron chi connectivity index (χ3n) is 3.07. The van der Waals surface area contributed by atoms with Gasteiger partial charge in [-0.2, -0.15) is 5.10 Å². The summed E-state index contributed by atoms with van der Waals surface area (Å²) < 4.78 is 1.40. The summed E-state index contributed by atoms with van der Waals surface area (Å²) in [7, 11) is 0. The number of aryl methyl sites for hydroxylation is 2. The van der Waals surface area contributed by atoms with Crippen LogP contribution in [0.2, 0.25) is 0 Å². The fourth-order valence-corrected chi connectivity index (χ4v) is 2.60. The minimum atomic E-state index is -0.597. The van der Waals surface area contributed by atoms with Crippen LogP contribution in [0.4, 0.5) is 5.69 Å². The third kappa shape index (κ3) is 3.92. The van der Waals surface area contributed by atoms with Crippen LogP contribution in [-0.2, 0) is 16.2 Å². The highest BCUT2D eigenvalue weighted by atomic mass is 32.1. The first-order valence-electron chi connectivity index (χ1n) is 6.65. The number of amidine groups is 1. The highest BCUT2D eigenvalue weighted by Crippen LogP contribution is 2.21. The van der Waals surface area contributed by atoms with Crippen molar-refractivity contribution >= 4 is 28.8 Å². The van der Waals surface area contributed by atoms with Gasteiger partial charge in [-0.15, -0.1) is 11.3 Å². The molecule has 2 aromatic heterocycles. The molecule has 0 atom stereocenters. The van der Waals surface area contributed by atoms with Crippen molar-refractivity contribution in [3.63, 3.8) is 0 Å². The van der Waals surface area contributed by atoms with Gasteiger partial charge in [0, 0.05) is 0 Å². The highest BCUT2D eigenvalue weighted by Gasteiger charge is 2.22. The van der Waals surface area contributed by atoms with Gasteiger partial charge in [-0.1, -0.05) is 11.2 Å². The minimum absolute atomic E-state index is 0.0274. The molecule has 0 aromatic carbocycles. The van der Waals surface area contributed by atoms with Gasteiger partial charge >= 0.3 is 11.7 Å². The number of oxime groups is 1. The standard InChI is InChI=1S/C13H15N5O4S/c1-8-12(18(20)21)9(2)17(15-8)6-5-11(19)22-16-13(14)10-4-3-7-23-10/h3-4,7H,5-6H2,1-2H3,(H2,14,16). The quantitative estimate of drug-likeness (QED) is 0.281. The number of rotatable bonds is 6. The molecule has 23 heavy (non-hydrogen) atoms. The molecule has 0 aliphatic carbocycles. The number of hydrogen-bond donors (Lipinski definition) is 1. The van der Waals surface area contributed by atoms with E-state index in [2.05, 4.69) is 10.3 Å². The molecule has 0 unspecified atom stereocenters. The summed E-state index contributed by atoms with van der Waals surface area (Å²) in [6.07, 6.45) is -0.0274. The zero-order valence-electron chi connectivity index (χ0n) is 12.6. The predicted molar refractivity (Wildman–Crippen MR) is 84.1 cm³/mol. The lowest BCUT2D eigenvalue weighted by Crippen LogP contribution is -2.15. The molecule has 0 spiro atoms. The normalized spacial score (nSPS) is 11.5. The molecule has 0 radical (unpaired) electrons. The van der Waals surface area contributed by atoms with Crippen LogP contribution in [0.25, 0.3) is 0 Å². The van der Waals surface area contributed by atoms with Crippen molar-refractivity contribution in [3.8, 4) is 0 Å². The summed E-state index contributed by atoms with van der Waals surface area (Å²) in [5.74, 6) is -0.477. The maximum Gasteiger partial charge on any atom is 0.336 e. The van der Waals surface area contributed by atoms with E-state index in [0.717, 1.165) is 0 Å². The first-order valence-corrected chi connectivity index (χ1v) is 7.53. The molecule has 2 heterocycles. The largest absolute Gasteiger partial charge is 0.380 e. The van der Waals surface area contributed by atoms with E-state index < -0.39 is 10.9 Å². The highest BCUT2D eigenvalue weighted by molar-refractivity contribution is 7.12. The topological polar surface area (TPSA) is 126 Å². The lowest BCUT2D eigenvalue weighted by molar-refractivity contribution is -0.386. The molecule has 0 aliphatic rings. The molecule has 10 heteroatoms. The van der Waals surface area contributed by atoms with Gasteiger partial charge < -0.3 is 10.6 Å². The minimum Gasteiger partial charge on any atom is -0.380 e. The number of thiophene rings is 1. The van der Waals surface area contributed by atoms with Crippen LogP contribution in [0, 0.1) is 24.0 Å². The Bertz CT molecular complexity index is 751. The number of nitro groups is 1. The van der Waals surface area contributed by atoms with E-state index in [4.69, 9.17) is 10.6 Å². The zero-order valence-corrected chi connectivity index (χ0v) is 13.4. The first-order chi connectivity index (χ1) is 10.9. The van der Waals surface area contributed by atoms with Gasteiger partial charge in [-0.05, 0) is 25.3 Å². The summed E-state index contributed by atoms with van der Waals surface area (Å²) in [5, 5.41) is 20.4. The van der Waals surface area contributed by atoms with Crippen molar-refractivity contribution in [1.29, 1.82) is 0 Å². The number of nitrogens with two attached hydrogens (primary N) is 1. The maximum atomic E-state index is 11.7. The Kier molecular flexibility index (Phi) is 5.06. The van der Waals surface area contributed by atoms with Crippen molar-refractivity contribution in [2.45, 2.75) is 26.8 Å². The summed E-state index contributed by atoms with van der Waals surface area (Å²) in [5.41, 5.74) is 6.32. The van der Waals surface area contributed by atoms with Crippen LogP contribution < -0.4 is 5.73 Å². The van der Waals surface area contributed by atoms with Gasteiger partial charge in [-0.3, -0.25) is 14.8 Å². The van der Waals surface area contributed by atoms with E-state index in [0.29, 0.717) is 16.3 Å². The fraction of sp³-hybridized carbons (Fsp3) is 0.308. The van der Waals surface area contributed by atoms with Crippen molar-refractivity contribution in [2.75, 3.05) is 0 Å². The second-order valence-electron chi connectivity index (χ2n) is 4.67. The molecule has 0 saturated heterocycles. The Morgan fingerprint density at radius 2 is 2.30 bits per heavy atom. The Balaban J connectivity index is 1.94. The molecular weight excluding hydrogens is 322 g/mol. The van der Waals surface area contributed by atoms with Crippen LogP contribution in [0.5, 0.6) is 0 Å². The van der Waals surface area contributed by atoms with Gasteiger partial charge in [0.15, 0.2) is 5.84 Å². The Morgan fingerprint density at radius 1 is 1.57 bits per heavy atom. The average Bonchev–Trinajstić information content (AvgIpc) is 3.11. The third-order valence-corrected chi connectivity index (χ3v) is 3.97. The van der Waals surface area contributed by atoms with Crippen LogP contribution in [0.3, 0.4) is 0 Å². The zero-order chi connectivity index (χ0) is 17.0. The smallest absolute Gasteiger partial charge is 0.336 e. The van der Waals surface area contributed by atoms with Crippen LogP contribution in [0.15, 0.2) is 22.7 Å². The second-order valence-corrected chi connectivity index (χ2v) is 5.61. The molecule has 0 bridgehead atoms. The molecular formula is C13H15N5O4S. The monoisotopic (exact) mass is 337 g/mol. The first kappa shape index (κ1) is 16.6. The van der Waals surface area contributed by atoms with E-state index >= 15 is 0 Å². The summed E-state index contributed by atoms with van der Waals surface area (Å²) in [6, 6.07) is 3.56. The van der Waals surface area contributed by atoms with E-state index in [1.807, 2.05) is 5.38 Å².